The van der Waals surface area contributed by atoms with E-state index in [-0.39, 0.29) is 11.9 Å². The number of halogens is 1. The Labute approximate surface area is 115 Å². The molecular weight excluding hydrogens is 262 g/mol. The van der Waals surface area contributed by atoms with Crippen LogP contribution in [0.3, 0.4) is 0 Å². The van der Waals surface area contributed by atoms with E-state index in [0.717, 1.165) is 16.9 Å². The number of hydrogen-bond donors (Lipinski definition) is 2. The van der Waals surface area contributed by atoms with E-state index >= 15 is 0 Å². The van der Waals surface area contributed by atoms with Gasteiger partial charge < -0.3 is 5.32 Å². The number of anilines is 1. The average Bonchev–Trinajstić information content (AvgIpc) is 2.73. The van der Waals surface area contributed by atoms with E-state index in [0.29, 0.717) is 11.6 Å². The van der Waals surface area contributed by atoms with Crippen molar-refractivity contribution in [1.82, 2.24) is 10.3 Å². The first kappa shape index (κ1) is 12.1. The lowest BCUT2D eigenvalue weighted by atomic mass is 10.1. The highest BCUT2D eigenvalue weighted by molar-refractivity contribution is 6.31. The third-order valence-electron chi connectivity index (χ3n) is 3.06. The van der Waals surface area contributed by atoms with Gasteiger partial charge >= 0.3 is 0 Å². The number of amides is 1. The summed E-state index contributed by atoms with van der Waals surface area (Å²) < 4.78 is 0. The first-order valence-corrected chi connectivity index (χ1v) is 6.35. The molecule has 1 atom stereocenters. The van der Waals surface area contributed by atoms with Gasteiger partial charge in [0.25, 0.3) is 0 Å². The molecule has 1 aromatic heterocycles. The largest absolute Gasteiger partial charge is 0.324 e. The molecule has 1 amide bonds. The van der Waals surface area contributed by atoms with Gasteiger partial charge in [-0.2, -0.15) is 0 Å². The molecule has 0 spiro atoms. The van der Waals surface area contributed by atoms with Crippen molar-refractivity contribution in [2.45, 2.75) is 12.6 Å². The number of rotatable bonds is 3. The van der Waals surface area contributed by atoms with Crippen LogP contribution in [0.15, 0.2) is 42.6 Å². The molecule has 0 radical (unpaired) electrons. The fourth-order valence-corrected chi connectivity index (χ4v) is 2.32. The number of carbonyl (C=O) groups is 1. The van der Waals surface area contributed by atoms with Gasteiger partial charge in [0.1, 0.15) is 6.04 Å². The van der Waals surface area contributed by atoms with Crippen LogP contribution in [0.2, 0.25) is 5.02 Å². The lowest BCUT2D eigenvalue weighted by Crippen LogP contribution is -2.27. The molecule has 5 heteroatoms. The summed E-state index contributed by atoms with van der Waals surface area (Å²) in [6.07, 6.45) is 1.73. The first-order valence-electron chi connectivity index (χ1n) is 5.97. The second kappa shape index (κ2) is 4.99. The van der Waals surface area contributed by atoms with E-state index in [4.69, 9.17) is 11.6 Å². The monoisotopic (exact) mass is 273 g/mol. The van der Waals surface area contributed by atoms with Crippen LogP contribution in [-0.4, -0.2) is 10.9 Å². The molecule has 0 saturated heterocycles. The third kappa shape index (κ3) is 2.45. The van der Waals surface area contributed by atoms with E-state index in [1.54, 1.807) is 12.3 Å². The molecule has 1 aliphatic heterocycles. The number of nitrogens with zero attached hydrogens (tertiary/aromatic N) is 1. The zero-order chi connectivity index (χ0) is 13.2. The number of carbonyl (C=O) groups excluding carboxylic acids is 1. The van der Waals surface area contributed by atoms with Crippen molar-refractivity contribution in [3.05, 3.63) is 58.9 Å². The molecule has 96 valence electrons. The Morgan fingerprint density at radius 3 is 3.00 bits per heavy atom. The van der Waals surface area contributed by atoms with Crippen LogP contribution in [0, 0.1) is 0 Å². The van der Waals surface area contributed by atoms with Crippen molar-refractivity contribution in [3.63, 3.8) is 0 Å². The SMILES string of the molecule is O=C1Nc2ccc(Cl)cc2C1NCc1ccccn1. The number of hydrogen-bond acceptors (Lipinski definition) is 3. The maximum atomic E-state index is 11.9. The molecule has 2 heterocycles. The summed E-state index contributed by atoms with van der Waals surface area (Å²) in [6.45, 7) is 0.533. The molecule has 1 aromatic carbocycles. The van der Waals surface area contributed by atoms with E-state index in [1.165, 1.54) is 0 Å². The highest BCUT2D eigenvalue weighted by atomic mass is 35.5. The summed E-state index contributed by atoms with van der Waals surface area (Å²) in [6, 6.07) is 10.7. The van der Waals surface area contributed by atoms with Crippen molar-refractivity contribution < 1.29 is 4.79 Å². The lowest BCUT2D eigenvalue weighted by molar-refractivity contribution is -0.117. The van der Waals surface area contributed by atoms with Crippen LogP contribution in [-0.2, 0) is 11.3 Å². The zero-order valence-electron chi connectivity index (χ0n) is 10.1. The summed E-state index contributed by atoms with van der Waals surface area (Å²) in [5.41, 5.74) is 2.59. The minimum absolute atomic E-state index is 0.0619. The molecule has 4 nitrogen and oxygen atoms in total. The van der Waals surface area contributed by atoms with E-state index < -0.39 is 0 Å². The second-order valence-electron chi connectivity index (χ2n) is 4.36. The Kier molecular flexibility index (Phi) is 3.19. The summed E-state index contributed by atoms with van der Waals surface area (Å²) >= 11 is 5.97. The minimum atomic E-state index is -0.379. The molecule has 2 aromatic rings. The van der Waals surface area contributed by atoms with Gasteiger partial charge in [-0.25, -0.2) is 0 Å². The standard InChI is InChI=1S/C14H12ClN3O/c15-9-4-5-12-11(7-9)13(14(19)18-12)17-8-10-3-1-2-6-16-10/h1-7,13,17H,8H2,(H,18,19). The zero-order valence-corrected chi connectivity index (χ0v) is 10.8. The molecule has 0 aliphatic carbocycles. The van der Waals surface area contributed by atoms with Gasteiger partial charge in [0.15, 0.2) is 0 Å². The molecule has 3 rings (SSSR count). The minimum Gasteiger partial charge on any atom is -0.324 e. The van der Waals surface area contributed by atoms with Gasteiger partial charge in [-0.3, -0.25) is 15.1 Å². The van der Waals surface area contributed by atoms with Gasteiger partial charge in [-0.05, 0) is 30.3 Å². The normalized spacial score (nSPS) is 17.1. The number of benzene rings is 1. The van der Waals surface area contributed by atoms with Crippen LogP contribution in [0.4, 0.5) is 5.69 Å². The number of fused-ring (bicyclic) bond motifs is 1. The average molecular weight is 274 g/mol. The van der Waals surface area contributed by atoms with Crippen molar-refractivity contribution in [2.75, 3.05) is 5.32 Å². The van der Waals surface area contributed by atoms with Crippen molar-refractivity contribution in [2.24, 2.45) is 0 Å². The van der Waals surface area contributed by atoms with Crippen molar-refractivity contribution in [3.8, 4) is 0 Å². The smallest absolute Gasteiger partial charge is 0.246 e. The first-order chi connectivity index (χ1) is 9.24. The Morgan fingerprint density at radius 1 is 1.32 bits per heavy atom. The van der Waals surface area contributed by atoms with Crippen molar-refractivity contribution in [1.29, 1.82) is 0 Å². The Morgan fingerprint density at radius 2 is 2.21 bits per heavy atom. The maximum absolute atomic E-state index is 11.9. The van der Waals surface area contributed by atoms with Gasteiger partial charge in [0.05, 0.1) is 5.69 Å². The summed E-state index contributed by atoms with van der Waals surface area (Å²) in [4.78, 5) is 16.1. The summed E-state index contributed by atoms with van der Waals surface area (Å²) in [5.74, 6) is -0.0619. The van der Waals surface area contributed by atoms with Gasteiger partial charge in [-0.15, -0.1) is 0 Å². The highest BCUT2D eigenvalue weighted by Crippen LogP contribution is 2.32. The second-order valence-corrected chi connectivity index (χ2v) is 4.79. The predicted octanol–water partition coefficient (Wildman–Crippen LogP) is 2.52. The molecule has 1 aliphatic rings. The topological polar surface area (TPSA) is 54.0 Å². The van der Waals surface area contributed by atoms with Crippen molar-refractivity contribution >= 4 is 23.2 Å². The predicted molar refractivity (Wildman–Crippen MR) is 73.9 cm³/mol. The molecule has 0 saturated carbocycles. The lowest BCUT2D eigenvalue weighted by Gasteiger charge is -2.11. The van der Waals surface area contributed by atoms with Crippen LogP contribution in [0.5, 0.6) is 0 Å². The fraction of sp³-hybridized carbons (Fsp3) is 0.143. The maximum Gasteiger partial charge on any atom is 0.246 e. The summed E-state index contributed by atoms with van der Waals surface area (Å²) in [5, 5.41) is 6.65. The van der Waals surface area contributed by atoms with Crippen LogP contribution in [0.25, 0.3) is 0 Å². The van der Waals surface area contributed by atoms with Crippen LogP contribution < -0.4 is 10.6 Å². The molecular formula is C14H12ClN3O. The third-order valence-corrected chi connectivity index (χ3v) is 3.29. The van der Waals surface area contributed by atoms with Gasteiger partial charge in [0, 0.05) is 29.0 Å². The van der Waals surface area contributed by atoms with E-state index in [1.807, 2.05) is 30.3 Å². The Balaban J connectivity index is 1.79. The number of nitrogens with one attached hydrogen (secondary N) is 2. The summed E-state index contributed by atoms with van der Waals surface area (Å²) in [7, 11) is 0. The van der Waals surface area contributed by atoms with Gasteiger partial charge in [0.2, 0.25) is 5.91 Å². The fourth-order valence-electron chi connectivity index (χ4n) is 2.14. The quantitative estimate of drug-likeness (QED) is 0.903. The molecule has 1 unspecified atom stereocenters. The molecule has 19 heavy (non-hydrogen) atoms. The van der Waals surface area contributed by atoms with Crippen LogP contribution >= 0.6 is 11.6 Å². The van der Waals surface area contributed by atoms with Crippen LogP contribution in [0.1, 0.15) is 17.3 Å². The Hall–Kier alpha value is -1.91. The molecule has 0 bridgehead atoms. The molecule has 2 N–H and O–H groups in total. The van der Waals surface area contributed by atoms with E-state index in [9.17, 15) is 4.79 Å². The van der Waals surface area contributed by atoms with E-state index in [2.05, 4.69) is 15.6 Å². The Bertz CT molecular complexity index is 615. The number of aromatic nitrogens is 1. The highest BCUT2D eigenvalue weighted by Gasteiger charge is 2.30. The molecule has 0 fully saturated rings. The number of pyridine rings is 1. The van der Waals surface area contributed by atoms with Gasteiger partial charge in [-0.1, -0.05) is 17.7 Å².